The van der Waals surface area contributed by atoms with Crippen molar-refractivity contribution in [1.29, 1.82) is 0 Å². The normalized spacial score (nSPS) is 8.83. The van der Waals surface area contributed by atoms with Crippen LogP contribution in [-0.4, -0.2) is 11.9 Å². The molecule has 0 aliphatic carbocycles. The first-order valence-corrected chi connectivity index (χ1v) is 5.03. The third-order valence-electron chi connectivity index (χ3n) is 1.67. The molecule has 0 radical (unpaired) electrons. The zero-order chi connectivity index (χ0) is 9.98. The van der Waals surface area contributed by atoms with Crippen molar-refractivity contribution in [3.05, 3.63) is 0 Å². The maximum Gasteiger partial charge on any atom is 0.219 e. The fraction of sp³-hybridized carbons (Fsp3) is 0.900. The molecule has 0 saturated heterocycles. The lowest BCUT2D eigenvalue weighted by Gasteiger charge is -2.13. The zero-order valence-electron chi connectivity index (χ0n) is 9.11. The smallest absolute Gasteiger partial charge is 0.219 e. The van der Waals surface area contributed by atoms with Crippen LogP contribution in [0.4, 0.5) is 0 Å². The van der Waals surface area contributed by atoms with E-state index in [1.165, 1.54) is 0 Å². The Labute approximate surface area is 76.7 Å². The maximum atomic E-state index is 10.8. The van der Waals surface area contributed by atoms with Gasteiger partial charge in [0.2, 0.25) is 5.91 Å². The fourth-order valence-electron chi connectivity index (χ4n) is 0.823. The molecule has 12 heavy (non-hydrogen) atoms. The van der Waals surface area contributed by atoms with Crippen molar-refractivity contribution in [2.24, 2.45) is 0 Å². The van der Waals surface area contributed by atoms with Crippen LogP contribution in [0.3, 0.4) is 0 Å². The number of nitrogens with one attached hydrogen (secondary N) is 1. The lowest BCUT2D eigenvalue weighted by atomic mass is 10.2. The van der Waals surface area contributed by atoms with E-state index >= 15 is 0 Å². The first kappa shape index (κ1) is 14.0. The van der Waals surface area contributed by atoms with Gasteiger partial charge in [-0.15, -0.1) is 0 Å². The summed E-state index contributed by atoms with van der Waals surface area (Å²) in [5.74, 6) is 0.161. The van der Waals surface area contributed by atoms with Crippen molar-refractivity contribution < 1.29 is 4.79 Å². The van der Waals surface area contributed by atoms with Crippen LogP contribution in [0.25, 0.3) is 0 Å². The average molecular weight is 173 g/mol. The van der Waals surface area contributed by atoms with Crippen molar-refractivity contribution in [1.82, 2.24) is 5.32 Å². The van der Waals surface area contributed by atoms with E-state index in [0.29, 0.717) is 12.5 Å². The molecule has 0 unspecified atom stereocenters. The minimum atomic E-state index is 0.161. The van der Waals surface area contributed by atoms with Crippen LogP contribution in [0.1, 0.15) is 53.9 Å². The molecule has 0 saturated carbocycles. The molecule has 74 valence electrons. The van der Waals surface area contributed by atoms with Gasteiger partial charge in [-0.3, -0.25) is 4.79 Å². The monoisotopic (exact) mass is 173 g/mol. The SMILES string of the molecule is CC.CCC(=O)NC(CC)CC. The van der Waals surface area contributed by atoms with Gasteiger partial charge in [-0.1, -0.05) is 34.6 Å². The highest BCUT2D eigenvalue weighted by atomic mass is 16.1. The number of carbonyl (C=O) groups excluding carboxylic acids is 1. The minimum Gasteiger partial charge on any atom is -0.353 e. The average Bonchev–Trinajstić information content (AvgIpc) is 2.16. The topological polar surface area (TPSA) is 29.1 Å². The van der Waals surface area contributed by atoms with Crippen molar-refractivity contribution in [2.45, 2.75) is 59.9 Å². The first-order chi connectivity index (χ1) is 5.74. The van der Waals surface area contributed by atoms with Crippen molar-refractivity contribution in [3.63, 3.8) is 0 Å². The van der Waals surface area contributed by atoms with Gasteiger partial charge in [0.25, 0.3) is 0 Å². The lowest BCUT2D eigenvalue weighted by molar-refractivity contribution is -0.121. The molecule has 0 aromatic heterocycles. The summed E-state index contributed by atoms with van der Waals surface area (Å²) >= 11 is 0. The minimum absolute atomic E-state index is 0.161. The second kappa shape index (κ2) is 10.5. The standard InChI is InChI=1S/C8H17NO.C2H6/c1-4-7(5-2)9-8(10)6-3;1-2/h7H,4-6H2,1-3H3,(H,9,10);1-2H3. The summed E-state index contributed by atoms with van der Waals surface area (Å²) in [6.07, 6.45) is 2.65. The number of amides is 1. The van der Waals surface area contributed by atoms with Crippen LogP contribution in [0, 0.1) is 0 Å². The third-order valence-corrected chi connectivity index (χ3v) is 1.67. The van der Waals surface area contributed by atoms with Gasteiger partial charge in [0.15, 0.2) is 0 Å². The van der Waals surface area contributed by atoms with E-state index in [4.69, 9.17) is 0 Å². The molecule has 0 aromatic rings. The molecule has 0 spiro atoms. The van der Waals surface area contributed by atoms with Crippen LogP contribution < -0.4 is 5.32 Å². The van der Waals surface area contributed by atoms with E-state index in [2.05, 4.69) is 19.2 Å². The van der Waals surface area contributed by atoms with Gasteiger partial charge in [-0.05, 0) is 12.8 Å². The summed E-state index contributed by atoms with van der Waals surface area (Å²) in [7, 11) is 0. The van der Waals surface area contributed by atoms with E-state index < -0.39 is 0 Å². The molecule has 2 heteroatoms. The van der Waals surface area contributed by atoms with E-state index in [9.17, 15) is 4.79 Å². The highest BCUT2D eigenvalue weighted by Crippen LogP contribution is 1.95. The van der Waals surface area contributed by atoms with E-state index in [0.717, 1.165) is 12.8 Å². The molecule has 0 fully saturated rings. The molecular weight excluding hydrogens is 150 g/mol. The van der Waals surface area contributed by atoms with Crippen LogP contribution in [0.15, 0.2) is 0 Å². The molecule has 0 rings (SSSR count). The third kappa shape index (κ3) is 7.58. The van der Waals surface area contributed by atoms with E-state index in [1.54, 1.807) is 0 Å². The van der Waals surface area contributed by atoms with Gasteiger partial charge in [-0.2, -0.15) is 0 Å². The van der Waals surface area contributed by atoms with Gasteiger partial charge in [-0.25, -0.2) is 0 Å². The number of hydrogen-bond donors (Lipinski definition) is 1. The summed E-state index contributed by atoms with van der Waals surface area (Å²) < 4.78 is 0. The van der Waals surface area contributed by atoms with Gasteiger partial charge < -0.3 is 5.32 Å². The fourth-order valence-corrected chi connectivity index (χ4v) is 0.823. The number of rotatable bonds is 4. The summed E-state index contributed by atoms with van der Waals surface area (Å²) in [6, 6.07) is 0.382. The number of carbonyl (C=O) groups is 1. The molecular formula is C10H23NO. The molecule has 1 amide bonds. The molecule has 1 N–H and O–H groups in total. The Bertz CT molecular complexity index is 98.0. The first-order valence-electron chi connectivity index (χ1n) is 5.03. The Morgan fingerprint density at radius 2 is 1.58 bits per heavy atom. The predicted octanol–water partition coefficient (Wildman–Crippen LogP) is 2.73. The summed E-state index contributed by atoms with van der Waals surface area (Å²) in [5, 5.41) is 2.93. The van der Waals surface area contributed by atoms with Crippen LogP contribution >= 0.6 is 0 Å². The second-order valence-corrected chi connectivity index (χ2v) is 2.43. The maximum absolute atomic E-state index is 10.8. The summed E-state index contributed by atoms with van der Waals surface area (Å²) in [6.45, 7) is 10.0. The summed E-state index contributed by atoms with van der Waals surface area (Å²) in [4.78, 5) is 10.8. The van der Waals surface area contributed by atoms with Crippen LogP contribution in [0.2, 0.25) is 0 Å². The van der Waals surface area contributed by atoms with Gasteiger partial charge >= 0.3 is 0 Å². The highest BCUT2D eigenvalue weighted by Gasteiger charge is 2.04. The second-order valence-electron chi connectivity index (χ2n) is 2.43. The van der Waals surface area contributed by atoms with Crippen molar-refractivity contribution in [2.75, 3.05) is 0 Å². The zero-order valence-corrected chi connectivity index (χ0v) is 9.11. The van der Waals surface area contributed by atoms with Crippen LogP contribution in [0.5, 0.6) is 0 Å². The Morgan fingerprint density at radius 3 is 1.83 bits per heavy atom. The Morgan fingerprint density at radius 1 is 1.17 bits per heavy atom. The number of hydrogen-bond acceptors (Lipinski definition) is 1. The highest BCUT2D eigenvalue weighted by molar-refractivity contribution is 5.75. The molecule has 0 atom stereocenters. The van der Waals surface area contributed by atoms with Crippen molar-refractivity contribution in [3.8, 4) is 0 Å². The van der Waals surface area contributed by atoms with Crippen molar-refractivity contribution >= 4 is 5.91 Å². The lowest BCUT2D eigenvalue weighted by Crippen LogP contribution is -2.33. The quantitative estimate of drug-likeness (QED) is 0.696. The van der Waals surface area contributed by atoms with Gasteiger partial charge in [0, 0.05) is 12.5 Å². The molecule has 0 heterocycles. The van der Waals surface area contributed by atoms with E-state index in [-0.39, 0.29) is 5.91 Å². The van der Waals surface area contributed by atoms with Gasteiger partial charge in [0.05, 0.1) is 0 Å². The molecule has 2 nitrogen and oxygen atoms in total. The molecule has 0 aromatic carbocycles. The largest absolute Gasteiger partial charge is 0.353 e. The van der Waals surface area contributed by atoms with Gasteiger partial charge in [0.1, 0.15) is 0 Å². The summed E-state index contributed by atoms with van der Waals surface area (Å²) in [5.41, 5.74) is 0. The molecule has 0 aliphatic rings. The van der Waals surface area contributed by atoms with E-state index in [1.807, 2.05) is 20.8 Å². The molecule has 0 aliphatic heterocycles. The Balaban J connectivity index is 0. The molecule has 0 bridgehead atoms. The Hall–Kier alpha value is -0.530. The van der Waals surface area contributed by atoms with Crippen LogP contribution in [-0.2, 0) is 4.79 Å². The Kier molecular flexibility index (Phi) is 12.2. The predicted molar refractivity (Wildman–Crippen MR) is 54.2 cm³/mol.